The number of methoxy groups -OCH3 is 1. The maximum atomic E-state index is 12.3. The van der Waals surface area contributed by atoms with Gasteiger partial charge < -0.3 is 15.2 Å². The quantitative estimate of drug-likeness (QED) is 0.884. The summed E-state index contributed by atoms with van der Waals surface area (Å²) in [5, 5.41) is 17.5. The lowest BCUT2D eigenvalue weighted by atomic mass is 9.84. The highest BCUT2D eigenvalue weighted by Crippen LogP contribution is 2.29. The number of nitrogens with zero attached hydrogens (tertiary/aromatic N) is 2. The second-order valence-corrected chi connectivity index (χ2v) is 6.29. The zero-order valence-corrected chi connectivity index (χ0v) is 13.9. The maximum Gasteiger partial charge on any atom is 0.257 e. The van der Waals surface area contributed by atoms with Gasteiger partial charge in [0.05, 0.1) is 13.7 Å². The fourth-order valence-electron chi connectivity index (χ4n) is 3.03. The molecule has 24 heavy (non-hydrogen) atoms. The monoisotopic (exact) mass is 329 g/mol. The van der Waals surface area contributed by atoms with Crippen LogP contribution >= 0.6 is 0 Å². The Morgan fingerprint density at radius 2 is 1.96 bits per heavy atom. The second kappa shape index (κ2) is 7.05. The van der Waals surface area contributed by atoms with Crippen LogP contribution in [0.5, 0.6) is 5.75 Å². The number of carbonyl (C=O) groups is 1. The van der Waals surface area contributed by atoms with E-state index in [1.165, 1.54) is 0 Å². The molecule has 2 aromatic rings. The van der Waals surface area contributed by atoms with Gasteiger partial charge in [-0.15, -0.1) is 0 Å². The molecule has 0 saturated heterocycles. The van der Waals surface area contributed by atoms with Gasteiger partial charge in [0.25, 0.3) is 5.91 Å². The van der Waals surface area contributed by atoms with Gasteiger partial charge in [0.2, 0.25) is 0 Å². The highest BCUT2D eigenvalue weighted by atomic mass is 16.5. The zero-order valence-electron chi connectivity index (χ0n) is 13.9. The minimum atomic E-state index is -1.25. The van der Waals surface area contributed by atoms with Crippen LogP contribution in [-0.4, -0.2) is 33.5 Å². The Balaban J connectivity index is 1.61. The third-order valence-corrected chi connectivity index (χ3v) is 4.49. The van der Waals surface area contributed by atoms with E-state index in [0.29, 0.717) is 25.2 Å². The zero-order chi connectivity index (χ0) is 17.0. The van der Waals surface area contributed by atoms with E-state index in [9.17, 15) is 9.90 Å². The van der Waals surface area contributed by atoms with Gasteiger partial charge in [-0.25, -0.2) is 0 Å². The summed E-state index contributed by atoms with van der Waals surface area (Å²) in [4.78, 5) is 12.3. The SMILES string of the molecule is COc1ccc(Cn2ccc(NC(=O)C3(O)CCCCC3)n2)cc1. The average molecular weight is 329 g/mol. The number of carbonyl (C=O) groups excluding carboxylic acids is 1. The van der Waals surface area contributed by atoms with Crippen molar-refractivity contribution in [3.8, 4) is 5.75 Å². The van der Waals surface area contributed by atoms with E-state index < -0.39 is 5.60 Å². The van der Waals surface area contributed by atoms with Crippen LogP contribution in [0.2, 0.25) is 0 Å². The van der Waals surface area contributed by atoms with Crippen LogP contribution in [0.15, 0.2) is 36.5 Å². The number of anilines is 1. The number of aliphatic hydroxyl groups is 1. The summed E-state index contributed by atoms with van der Waals surface area (Å²) in [6.45, 7) is 0.601. The Kier molecular flexibility index (Phi) is 4.85. The molecule has 0 spiro atoms. The van der Waals surface area contributed by atoms with Gasteiger partial charge in [-0.3, -0.25) is 9.48 Å². The summed E-state index contributed by atoms with van der Waals surface area (Å²) in [6.07, 6.45) is 5.69. The van der Waals surface area contributed by atoms with E-state index in [1.54, 1.807) is 17.9 Å². The first kappa shape index (κ1) is 16.5. The number of hydrogen-bond acceptors (Lipinski definition) is 4. The maximum absolute atomic E-state index is 12.3. The van der Waals surface area contributed by atoms with Crippen LogP contribution in [0.4, 0.5) is 5.82 Å². The van der Waals surface area contributed by atoms with Gasteiger partial charge in [-0.05, 0) is 30.5 Å². The summed E-state index contributed by atoms with van der Waals surface area (Å²) in [5.41, 5.74) is -0.166. The molecule has 1 aliphatic rings. The molecule has 1 aromatic heterocycles. The van der Waals surface area contributed by atoms with Gasteiger partial charge in [0.15, 0.2) is 5.82 Å². The lowest BCUT2D eigenvalue weighted by Gasteiger charge is -2.30. The number of rotatable bonds is 5. The number of benzene rings is 1. The molecule has 0 unspecified atom stereocenters. The molecule has 6 nitrogen and oxygen atoms in total. The van der Waals surface area contributed by atoms with E-state index in [2.05, 4.69) is 10.4 Å². The fourth-order valence-corrected chi connectivity index (χ4v) is 3.03. The molecule has 1 amide bonds. The number of nitrogens with one attached hydrogen (secondary N) is 1. The van der Waals surface area contributed by atoms with Gasteiger partial charge in [-0.2, -0.15) is 5.10 Å². The van der Waals surface area contributed by atoms with Crippen molar-refractivity contribution in [1.29, 1.82) is 0 Å². The van der Waals surface area contributed by atoms with Crippen LogP contribution in [-0.2, 0) is 11.3 Å². The van der Waals surface area contributed by atoms with Crippen molar-refractivity contribution >= 4 is 11.7 Å². The van der Waals surface area contributed by atoms with Crippen molar-refractivity contribution in [2.75, 3.05) is 12.4 Å². The van der Waals surface area contributed by atoms with Crippen LogP contribution < -0.4 is 10.1 Å². The topological polar surface area (TPSA) is 76.4 Å². The van der Waals surface area contributed by atoms with Crippen molar-refractivity contribution in [2.24, 2.45) is 0 Å². The first-order chi connectivity index (χ1) is 11.6. The van der Waals surface area contributed by atoms with E-state index in [-0.39, 0.29) is 5.91 Å². The van der Waals surface area contributed by atoms with E-state index in [0.717, 1.165) is 30.6 Å². The molecule has 1 heterocycles. The number of aromatic nitrogens is 2. The van der Waals surface area contributed by atoms with Crippen molar-refractivity contribution in [3.05, 3.63) is 42.1 Å². The molecule has 1 saturated carbocycles. The standard InChI is InChI=1S/C18H23N3O3/c1-24-15-7-5-14(6-8-15)13-21-12-9-16(20-21)19-17(22)18(23)10-3-2-4-11-18/h5-9,12,23H,2-4,10-11,13H2,1H3,(H,19,20,22). The molecule has 6 heteroatoms. The Morgan fingerprint density at radius 1 is 1.25 bits per heavy atom. The molecule has 1 aliphatic carbocycles. The lowest BCUT2D eigenvalue weighted by molar-refractivity contribution is -0.137. The Bertz CT molecular complexity index is 688. The van der Waals surface area contributed by atoms with E-state index in [1.807, 2.05) is 30.5 Å². The summed E-state index contributed by atoms with van der Waals surface area (Å²) < 4.78 is 6.89. The highest BCUT2D eigenvalue weighted by Gasteiger charge is 2.37. The minimum absolute atomic E-state index is 0.350. The molecule has 128 valence electrons. The minimum Gasteiger partial charge on any atom is -0.497 e. The molecule has 1 aromatic carbocycles. The van der Waals surface area contributed by atoms with Gasteiger partial charge in [-0.1, -0.05) is 31.4 Å². The smallest absolute Gasteiger partial charge is 0.257 e. The van der Waals surface area contributed by atoms with Gasteiger partial charge >= 0.3 is 0 Å². The van der Waals surface area contributed by atoms with Crippen LogP contribution in [0.3, 0.4) is 0 Å². The molecule has 3 rings (SSSR count). The molecule has 0 bridgehead atoms. The third-order valence-electron chi connectivity index (χ3n) is 4.49. The molecule has 2 N–H and O–H groups in total. The molecule has 0 atom stereocenters. The molecule has 1 fully saturated rings. The van der Waals surface area contributed by atoms with E-state index >= 15 is 0 Å². The highest BCUT2D eigenvalue weighted by molar-refractivity contribution is 5.96. The molecular weight excluding hydrogens is 306 g/mol. The predicted octanol–water partition coefficient (Wildman–Crippen LogP) is 2.57. The largest absolute Gasteiger partial charge is 0.497 e. The first-order valence-corrected chi connectivity index (χ1v) is 8.29. The molecule has 0 radical (unpaired) electrons. The number of amides is 1. The van der Waals surface area contributed by atoms with Gasteiger partial charge in [0, 0.05) is 12.3 Å². The Labute approximate surface area is 141 Å². The third kappa shape index (κ3) is 3.76. The van der Waals surface area contributed by atoms with Crippen LogP contribution in [0, 0.1) is 0 Å². The van der Waals surface area contributed by atoms with Gasteiger partial charge in [0.1, 0.15) is 11.4 Å². The first-order valence-electron chi connectivity index (χ1n) is 8.29. The van der Waals surface area contributed by atoms with Crippen molar-refractivity contribution in [3.63, 3.8) is 0 Å². The van der Waals surface area contributed by atoms with Crippen molar-refractivity contribution in [1.82, 2.24) is 9.78 Å². The van der Waals surface area contributed by atoms with Crippen molar-refractivity contribution in [2.45, 2.75) is 44.2 Å². The average Bonchev–Trinajstić information content (AvgIpc) is 3.03. The molecular formula is C18H23N3O3. The predicted molar refractivity (Wildman–Crippen MR) is 91.0 cm³/mol. The summed E-state index contributed by atoms with van der Waals surface area (Å²) in [5.74, 6) is 0.928. The summed E-state index contributed by atoms with van der Waals surface area (Å²) in [6, 6.07) is 9.50. The lowest BCUT2D eigenvalue weighted by Crippen LogP contribution is -2.44. The number of hydrogen-bond donors (Lipinski definition) is 2. The Hall–Kier alpha value is -2.34. The van der Waals surface area contributed by atoms with Crippen LogP contribution in [0.25, 0.3) is 0 Å². The second-order valence-electron chi connectivity index (χ2n) is 6.29. The number of ether oxygens (including phenoxy) is 1. The Morgan fingerprint density at radius 3 is 2.62 bits per heavy atom. The summed E-state index contributed by atoms with van der Waals surface area (Å²) >= 11 is 0. The fraction of sp³-hybridized carbons (Fsp3) is 0.444. The van der Waals surface area contributed by atoms with E-state index in [4.69, 9.17) is 4.74 Å². The molecule has 0 aliphatic heterocycles. The van der Waals surface area contributed by atoms with Crippen molar-refractivity contribution < 1.29 is 14.6 Å². The van der Waals surface area contributed by atoms with Crippen LogP contribution in [0.1, 0.15) is 37.7 Å². The normalized spacial score (nSPS) is 16.6. The summed E-state index contributed by atoms with van der Waals surface area (Å²) in [7, 11) is 1.64.